The highest BCUT2D eigenvalue weighted by Gasteiger charge is 2.21. The summed E-state index contributed by atoms with van der Waals surface area (Å²) in [6.45, 7) is 2.98. The smallest absolute Gasteiger partial charge is 0.303 e. The van der Waals surface area contributed by atoms with Crippen molar-refractivity contribution in [1.29, 1.82) is 0 Å². The van der Waals surface area contributed by atoms with Gasteiger partial charge in [0.15, 0.2) is 0 Å². The second-order valence-corrected chi connectivity index (χ2v) is 5.88. The zero-order valence-electron chi connectivity index (χ0n) is 12.8. The van der Waals surface area contributed by atoms with Gasteiger partial charge < -0.3 is 10.0 Å². The molecule has 1 saturated heterocycles. The molecular weight excluding hydrogens is 288 g/mol. The molecule has 0 atom stereocenters. The van der Waals surface area contributed by atoms with Crippen LogP contribution >= 0.6 is 12.4 Å². The molecule has 4 nitrogen and oxygen atoms in total. The van der Waals surface area contributed by atoms with E-state index < -0.39 is 5.97 Å². The number of rotatable bonds is 5. The van der Waals surface area contributed by atoms with Gasteiger partial charge in [0.25, 0.3) is 0 Å². The first-order chi connectivity index (χ1) is 9.54. The van der Waals surface area contributed by atoms with Crippen LogP contribution in [0.4, 0.5) is 5.69 Å². The van der Waals surface area contributed by atoms with Crippen molar-refractivity contribution in [3.63, 3.8) is 0 Å². The van der Waals surface area contributed by atoms with Crippen molar-refractivity contribution in [3.05, 3.63) is 29.8 Å². The summed E-state index contributed by atoms with van der Waals surface area (Å²) >= 11 is 0. The number of anilines is 1. The van der Waals surface area contributed by atoms with Crippen LogP contribution in [0, 0.1) is 5.92 Å². The summed E-state index contributed by atoms with van der Waals surface area (Å²) in [7, 11) is 4.09. The Kier molecular flexibility index (Phi) is 6.99. The zero-order valence-corrected chi connectivity index (χ0v) is 13.6. The van der Waals surface area contributed by atoms with Crippen LogP contribution in [-0.4, -0.2) is 43.2 Å². The van der Waals surface area contributed by atoms with Crippen LogP contribution in [0.5, 0.6) is 0 Å². The monoisotopic (exact) mass is 312 g/mol. The summed E-state index contributed by atoms with van der Waals surface area (Å²) in [5.41, 5.74) is 2.54. The molecule has 1 heterocycles. The van der Waals surface area contributed by atoms with Gasteiger partial charge in [0.1, 0.15) is 0 Å². The van der Waals surface area contributed by atoms with E-state index in [1.807, 2.05) is 14.1 Å². The van der Waals surface area contributed by atoms with Crippen LogP contribution in [0.3, 0.4) is 0 Å². The third kappa shape index (κ3) is 5.56. The van der Waals surface area contributed by atoms with Crippen molar-refractivity contribution in [1.82, 2.24) is 4.90 Å². The molecule has 0 bridgehead atoms. The van der Waals surface area contributed by atoms with Crippen molar-refractivity contribution in [2.45, 2.75) is 25.8 Å². The Morgan fingerprint density at radius 1 is 1.24 bits per heavy atom. The summed E-state index contributed by atoms with van der Waals surface area (Å²) < 4.78 is 0. The van der Waals surface area contributed by atoms with E-state index in [4.69, 9.17) is 5.11 Å². The topological polar surface area (TPSA) is 43.8 Å². The molecule has 0 aromatic heterocycles. The van der Waals surface area contributed by atoms with E-state index in [2.05, 4.69) is 34.1 Å². The first kappa shape index (κ1) is 17.8. The lowest BCUT2D eigenvalue weighted by atomic mass is 9.93. The molecule has 0 unspecified atom stereocenters. The van der Waals surface area contributed by atoms with Crippen molar-refractivity contribution < 1.29 is 9.90 Å². The Morgan fingerprint density at radius 2 is 1.81 bits per heavy atom. The Balaban J connectivity index is 0.00000220. The number of likely N-dealkylation sites (tertiary alicyclic amines) is 1. The maximum Gasteiger partial charge on any atom is 0.303 e. The SMILES string of the molecule is CN(C)c1ccc(CN2CCC(CC(=O)O)CC2)cc1.Cl. The molecule has 1 aliphatic heterocycles. The van der Waals surface area contributed by atoms with Crippen LogP contribution in [-0.2, 0) is 11.3 Å². The molecule has 0 amide bonds. The highest BCUT2D eigenvalue weighted by Crippen LogP contribution is 2.22. The quantitative estimate of drug-likeness (QED) is 0.908. The lowest BCUT2D eigenvalue weighted by molar-refractivity contribution is -0.138. The predicted molar refractivity (Wildman–Crippen MR) is 88.3 cm³/mol. The van der Waals surface area contributed by atoms with E-state index in [1.54, 1.807) is 0 Å². The number of hydrogen-bond acceptors (Lipinski definition) is 3. The number of nitrogens with zero attached hydrogens (tertiary/aromatic N) is 2. The Bertz CT molecular complexity index is 440. The molecule has 1 aromatic rings. The molecule has 0 radical (unpaired) electrons. The minimum absolute atomic E-state index is 0. The summed E-state index contributed by atoms with van der Waals surface area (Å²) in [5, 5.41) is 8.82. The number of hydrogen-bond donors (Lipinski definition) is 1. The molecule has 1 aliphatic rings. The highest BCUT2D eigenvalue weighted by molar-refractivity contribution is 5.85. The number of aliphatic carboxylic acids is 1. The molecule has 0 aliphatic carbocycles. The van der Waals surface area contributed by atoms with E-state index in [0.717, 1.165) is 32.5 Å². The largest absolute Gasteiger partial charge is 0.481 e. The zero-order chi connectivity index (χ0) is 14.5. The van der Waals surface area contributed by atoms with E-state index in [9.17, 15) is 4.79 Å². The van der Waals surface area contributed by atoms with E-state index in [-0.39, 0.29) is 12.4 Å². The lowest BCUT2D eigenvalue weighted by Crippen LogP contribution is -2.33. The fourth-order valence-corrected chi connectivity index (χ4v) is 2.75. The molecule has 0 spiro atoms. The maximum absolute atomic E-state index is 10.7. The maximum atomic E-state index is 10.7. The first-order valence-corrected chi connectivity index (χ1v) is 7.25. The normalized spacial score (nSPS) is 16.3. The van der Waals surface area contributed by atoms with E-state index in [1.165, 1.54) is 11.3 Å². The van der Waals surface area contributed by atoms with Gasteiger partial charge in [-0.05, 0) is 49.5 Å². The number of carbonyl (C=O) groups is 1. The van der Waals surface area contributed by atoms with Crippen molar-refractivity contribution in [3.8, 4) is 0 Å². The molecule has 2 rings (SSSR count). The van der Waals surface area contributed by atoms with Gasteiger partial charge in [-0.1, -0.05) is 12.1 Å². The van der Waals surface area contributed by atoms with Crippen LogP contribution in [0.2, 0.25) is 0 Å². The molecule has 1 fully saturated rings. The van der Waals surface area contributed by atoms with Gasteiger partial charge in [0.05, 0.1) is 0 Å². The van der Waals surface area contributed by atoms with Gasteiger partial charge in [-0.2, -0.15) is 0 Å². The number of halogens is 1. The third-order valence-corrected chi connectivity index (χ3v) is 4.03. The van der Waals surface area contributed by atoms with Crippen LogP contribution in [0.25, 0.3) is 0 Å². The minimum Gasteiger partial charge on any atom is -0.481 e. The summed E-state index contributed by atoms with van der Waals surface area (Å²) in [4.78, 5) is 15.2. The van der Waals surface area contributed by atoms with Gasteiger partial charge >= 0.3 is 5.97 Å². The predicted octanol–water partition coefficient (Wildman–Crippen LogP) is 2.86. The fourth-order valence-electron chi connectivity index (χ4n) is 2.75. The van der Waals surface area contributed by atoms with Crippen molar-refractivity contribution in [2.24, 2.45) is 5.92 Å². The Labute approximate surface area is 133 Å². The molecule has 118 valence electrons. The molecule has 5 heteroatoms. The third-order valence-electron chi connectivity index (χ3n) is 4.03. The first-order valence-electron chi connectivity index (χ1n) is 7.25. The second-order valence-electron chi connectivity index (χ2n) is 5.88. The lowest BCUT2D eigenvalue weighted by Gasteiger charge is -2.31. The summed E-state index contributed by atoms with van der Waals surface area (Å²) in [5.74, 6) is -0.303. The van der Waals surface area contributed by atoms with E-state index in [0.29, 0.717) is 12.3 Å². The minimum atomic E-state index is -0.664. The Hall–Kier alpha value is -1.26. The summed E-state index contributed by atoms with van der Waals surface area (Å²) in [6, 6.07) is 8.65. The average molecular weight is 313 g/mol. The molecule has 1 N–H and O–H groups in total. The number of carboxylic acids is 1. The van der Waals surface area contributed by atoms with Gasteiger partial charge in [-0.15, -0.1) is 12.4 Å². The van der Waals surface area contributed by atoms with Crippen LogP contribution < -0.4 is 4.90 Å². The molecular formula is C16H25ClN2O2. The van der Waals surface area contributed by atoms with Crippen LogP contribution in [0.1, 0.15) is 24.8 Å². The van der Waals surface area contributed by atoms with Gasteiger partial charge in [-0.25, -0.2) is 0 Å². The highest BCUT2D eigenvalue weighted by atomic mass is 35.5. The van der Waals surface area contributed by atoms with Gasteiger partial charge in [0, 0.05) is 32.7 Å². The molecule has 1 aromatic carbocycles. The Morgan fingerprint density at radius 3 is 2.29 bits per heavy atom. The van der Waals surface area contributed by atoms with Crippen LogP contribution in [0.15, 0.2) is 24.3 Å². The van der Waals surface area contributed by atoms with Crippen molar-refractivity contribution >= 4 is 24.1 Å². The number of benzene rings is 1. The summed E-state index contributed by atoms with van der Waals surface area (Å²) in [6.07, 6.45) is 2.33. The molecule has 21 heavy (non-hydrogen) atoms. The number of piperidine rings is 1. The van der Waals surface area contributed by atoms with E-state index >= 15 is 0 Å². The molecule has 0 saturated carbocycles. The fraction of sp³-hybridized carbons (Fsp3) is 0.562. The number of carboxylic acid groups (broad SMARTS) is 1. The van der Waals surface area contributed by atoms with Crippen molar-refractivity contribution in [2.75, 3.05) is 32.1 Å². The standard InChI is InChI=1S/C16H24N2O2.ClH/c1-17(2)15-5-3-14(4-6-15)12-18-9-7-13(8-10-18)11-16(19)20;/h3-6,13H,7-12H2,1-2H3,(H,19,20);1H. The van der Waals surface area contributed by atoms with Gasteiger partial charge in [-0.3, -0.25) is 9.69 Å². The average Bonchev–Trinajstić information content (AvgIpc) is 2.41. The van der Waals surface area contributed by atoms with Gasteiger partial charge in [0.2, 0.25) is 0 Å². The second kappa shape index (κ2) is 8.25.